The lowest BCUT2D eigenvalue weighted by Gasteiger charge is -2.22. The van der Waals surface area contributed by atoms with Gasteiger partial charge in [0.1, 0.15) is 0 Å². The molecule has 0 aromatic heterocycles. The van der Waals surface area contributed by atoms with Crippen LogP contribution in [0.15, 0.2) is 28.7 Å². The number of urea groups is 1. The first-order valence-corrected chi connectivity index (χ1v) is 6.30. The van der Waals surface area contributed by atoms with Crippen LogP contribution in [0.25, 0.3) is 0 Å². The number of amides is 2. The topological polar surface area (TPSA) is 60.9 Å². The van der Waals surface area contributed by atoms with Crippen molar-refractivity contribution in [3.05, 3.63) is 28.7 Å². The molecule has 1 aromatic carbocycles. The second kappa shape index (κ2) is 4.97. The second-order valence-electron chi connectivity index (χ2n) is 4.26. The van der Waals surface area contributed by atoms with Crippen LogP contribution in [0.3, 0.4) is 0 Å². The standard InChI is InChI=1S/C12H13BrN2O3/c1-14-7-10(6-11(16)17)15(12(14)18)9-4-2-3-8(13)5-9/h2-5,10H,6-7H2,1H3,(H,16,17). The van der Waals surface area contributed by atoms with E-state index < -0.39 is 5.97 Å². The van der Waals surface area contributed by atoms with Gasteiger partial charge in [0.2, 0.25) is 0 Å². The summed E-state index contributed by atoms with van der Waals surface area (Å²) in [5.41, 5.74) is 0.713. The van der Waals surface area contributed by atoms with Crippen LogP contribution in [0, 0.1) is 0 Å². The maximum atomic E-state index is 12.1. The average Bonchev–Trinajstić information content (AvgIpc) is 2.53. The fourth-order valence-electron chi connectivity index (χ4n) is 2.12. The van der Waals surface area contributed by atoms with E-state index in [9.17, 15) is 9.59 Å². The van der Waals surface area contributed by atoms with Gasteiger partial charge in [-0.2, -0.15) is 0 Å². The Labute approximate surface area is 113 Å². The highest BCUT2D eigenvalue weighted by Gasteiger charge is 2.37. The minimum atomic E-state index is -0.900. The Balaban J connectivity index is 2.32. The molecule has 0 aliphatic carbocycles. The summed E-state index contributed by atoms with van der Waals surface area (Å²) >= 11 is 3.35. The second-order valence-corrected chi connectivity index (χ2v) is 5.18. The maximum absolute atomic E-state index is 12.1. The van der Waals surface area contributed by atoms with E-state index in [2.05, 4.69) is 15.9 Å². The van der Waals surface area contributed by atoms with Crippen molar-refractivity contribution in [2.24, 2.45) is 0 Å². The van der Waals surface area contributed by atoms with Gasteiger partial charge in [0.15, 0.2) is 0 Å². The molecule has 2 amide bonds. The molecule has 0 radical (unpaired) electrons. The molecule has 1 fully saturated rings. The highest BCUT2D eigenvalue weighted by molar-refractivity contribution is 9.10. The fourth-order valence-corrected chi connectivity index (χ4v) is 2.51. The third kappa shape index (κ3) is 2.48. The van der Waals surface area contributed by atoms with Crippen LogP contribution in [0.2, 0.25) is 0 Å². The van der Waals surface area contributed by atoms with Crippen LogP contribution in [0.4, 0.5) is 10.5 Å². The monoisotopic (exact) mass is 312 g/mol. The predicted octanol–water partition coefficient (Wildman–Crippen LogP) is 2.16. The van der Waals surface area contributed by atoms with Gasteiger partial charge in [-0.25, -0.2) is 4.79 Å². The first-order chi connectivity index (χ1) is 8.49. The van der Waals surface area contributed by atoms with E-state index in [4.69, 9.17) is 5.11 Å². The number of aliphatic carboxylic acids is 1. The lowest BCUT2D eigenvalue weighted by molar-refractivity contribution is -0.137. The molecular weight excluding hydrogens is 300 g/mol. The quantitative estimate of drug-likeness (QED) is 0.930. The number of benzene rings is 1. The number of rotatable bonds is 3. The van der Waals surface area contributed by atoms with Gasteiger partial charge in [-0.3, -0.25) is 9.69 Å². The van der Waals surface area contributed by atoms with Gasteiger partial charge in [0, 0.05) is 23.8 Å². The first kappa shape index (κ1) is 12.9. The van der Waals surface area contributed by atoms with Crippen molar-refractivity contribution in [2.45, 2.75) is 12.5 Å². The van der Waals surface area contributed by atoms with E-state index in [-0.39, 0.29) is 18.5 Å². The Kier molecular flexibility index (Phi) is 3.56. The van der Waals surface area contributed by atoms with Gasteiger partial charge in [0.05, 0.1) is 12.5 Å². The number of anilines is 1. The van der Waals surface area contributed by atoms with E-state index in [0.29, 0.717) is 12.2 Å². The van der Waals surface area contributed by atoms with Crippen LogP contribution in [-0.4, -0.2) is 41.6 Å². The van der Waals surface area contributed by atoms with E-state index in [1.807, 2.05) is 18.2 Å². The van der Waals surface area contributed by atoms with Crippen molar-refractivity contribution < 1.29 is 14.7 Å². The molecule has 1 saturated heterocycles. The van der Waals surface area contributed by atoms with Crippen LogP contribution in [0.5, 0.6) is 0 Å². The minimum absolute atomic E-state index is 0.0530. The Morgan fingerprint density at radius 2 is 2.28 bits per heavy atom. The summed E-state index contributed by atoms with van der Waals surface area (Å²) in [6.07, 6.45) is -0.0530. The van der Waals surface area contributed by atoms with E-state index in [1.165, 1.54) is 4.90 Å². The van der Waals surface area contributed by atoms with Crippen molar-refractivity contribution in [1.29, 1.82) is 0 Å². The van der Waals surface area contributed by atoms with Crippen molar-refractivity contribution >= 4 is 33.6 Å². The zero-order valence-corrected chi connectivity index (χ0v) is 11.4. The maximum Gasteiger partial charge on any atom is 0.324 e. The Morgan fingerprint density at radius 1 is 1.56 bits per heavy atom. The molecule has 1 heterocycles. The molecule has 0 spiro atoms. The third-order valence-electron chi connectivity index (χ3n) is 2.88. The summed E-state index contributed by atoms with van der Waals surface area (Å²) in [7, 11) is 1.68. The number of halogens is 1. The van der Waals surface area contributed by atoms with Crippen molar-refractivity contribution in [2.75, 3.05) is 18.5 Å². The number of hydrogen-bond acceptors (Lipinski definition) is 2. The van der Waals surface area contributed by atoms with E-state index in [0.717, 1.165) is 4.47 Å². The average molecular weight is 313 g/mol. The number of carbonyl (C=O) groups excluding carboxylic acids is 1. The normalized spacial score (nSPS) is 19.4. The molecule has 0 bridgehead atoms. The summed E-state index contributed by atoms with van der Waals surface area (Å²) in [6.45, 7) is 0.428. The van der Waals surface area contributed by atoms with Gasteiger partial charge in [0.25, 0.3) is 0 Å². The third-order valence-corrected chi connectivity index (χ3v) is 3.37. The van der Waals surface area contributed by atoms with Gasteiger partial charge in [-0.05, 0) is 18.2 Å². The molecule has 18 heavy (non-hydrogen) atoms. The molecule has 96 valence electrons. The zero-order chi connectivity index (χ0) is 13.3. The number of carboxylic acids is 1. The Morgan fingerprint density at radius 3 is 2.89 bits per heavy atom. The zero-order valence-electron chi connectivity index (χ0n) is 9.84. The van der Waals surface area contributed by atoms with Crippen LogP contribution in [0.1, 0.15) is 6.42 Å². The van der Waals surface area contributed by atoms with Crippen molar-refractivity contribution in [1.82, 2.24) is 4.90 Å². The van der Waals surface area contributed by atoms with Gasteiger partial charge < -0.3 is 10.0 Å². The molecule has 0 saturated carbocycles. The van der Waals surface area contributed by atoms with Crippen LogP contribution < -0.4 is 4.90 Å². The Bertz CT molecular complexity index is 492. The molecule has 1 aromatic rings. The minimum Gasteiger partial charge on any atom is -0.481 e. The largest absolute Gasteiger partial charge is 0.481 e. The molecule has 1 N–H and O–H groups in total. The van der Waals surface area contributed by atoms with E-state index in [1.54, 1.807) is 18.0 Å². The summed E-state index contributed by atoms with van der Waals surface area (Å²) < 4.78 is 0.858. The smallest absolute Gasteiger partial charge is 0.324 e. The van der Waals surface area contributed by atoms with Crippen LogP contribution in [-0.2, 0) is 4.79 Å². The Hall–Kier alpha value is -1.56. The molecule has 1 unspecified atom stereocenters. The summed E-state index contributed by atoms with van der Waals surface area (Å²) in [5.74, 6) is -0.900. The lowest BCUT2D eigenvalue weighted by Crippen LogP contribution is -2.35. The summed E-state index contributed by atoms with van der Waals surface area (Å²) in [5, 5.41) is 8.90. The number of nitrogens with zero attached hydrogens (tertiary/aromatic N) is 2. The SMILES string of the molecule is CN1CC(CC(=O)O)N(c2cccc(Br)c2)C1=O. The fraction of sp³-hybridized carbons (Fsp3) is 0.333. The molecule has 1 aliphatic heterocycles. The lowest BCUT2D eigenvalue weighted by atomic mass is 10.2. The summed E-state index contributed by atoms with van der Waals surface area (Å²) in [6, 6.07) is 6.81. The number of likely N-dealkylation sites (N-methyl/N-ethyl adjacent to an activating group) is 1. The van der Waals surface area contributed by atoms with E-state index >= 15 is 0 Å². The molecule has 2 rings (SSSR count). The highest BCUT2D eigenvalue weighted by atomic mass is 79.9. The molecule has 6 heteroatoms. The molecule has 5 nitrogen and oxygen atoms in total. The summed E-state index contributed by atoms with van der Waals surface area (Å²) in [4.78, 5) is 26.0. The van der Waals surface area contributed by atoms with Gasteiger partial charge >= 0.3 is 12.0 Å². The predicted molar refractivity (Wildman–Crippen MR) is 70.7 cm³/mol. The molecule has 1 aliphatic rings. The van der Waals surface area contributed by atoms with Gasteiger partial charge in [-0.1, -0.05) is 22.0 Å². The van der Waals surface area contributed by atoms with Crippen LogP contribution >= 0.6 is 15.9 Å². The van der Waals surface area contributed by atoms with Gasteiger partial charge in [-0.15, -0.1) is 0 Å². The first-order valence-electron chi connectivity index (χ1n) is 5.50. The number of hydrogen-bond donors (Lipinski definition) is 1. The van der Waals surface area contributed by atoms with Crippen molar-refractivity contribution in [3.63, 3.8) is 0 Å². The van der Waals surface area contributed by atoms with Crippen molar-refractivity contribution in [3.8, 4) is 0 Å². The molecular formula is C12H13BrN2O3. The molecule has 1 atom stereocenters. The number of carbonyl (C=O) groups is 2. The number of carboxylic acid groups (broad SMARTS) is 1. The highest BCUT2D eigenvalue weighted by Crippen LogP contribution is 2.27.